The Hall–Kier alpha value is 2.95. The topological polar surface area (TPSA) is 0 Å². The first-order valence-corrected chi connectivity index (χ1v) is 4.50. The second kappa shape index (κ2) is 16.8. The van der Waals surface area contributed by atoms with E-state index in [-0.39, 0.29) is 65.9 Å². The molecule has 0 nitrogen and oxygen atoms in total. The van der Waals surface area contributed by atoms with E-state index in [4.69, 9.17) is 0 Å². The Kier molecular flexibility index (Phi) is 66.1. The van der Waals surface area contributed by atoms with Crippen LogP contribution >= 0.6 is 10.1 Å². The van der Waals surface area contributed by atoms with Crippen LogP contribution in [0.4, 0.5) is 0 Å². The van der Waals surface area contributed by atoms with Gasteiger partial charge in [-0.05, 0) is 0 Å². The minimum atomic E-state index is 0. The van der Waals surface area contributed by atoms with Crippen LogP contribution in [0.5, 0.6) is 0 Å². The summed E-state index contributed by atoms with van der Waals surface area (Å²) in [6.07, 6.45) is 0. The molecule has 0 rings (SSSR count). The van der Waals surface area contributed by atoms with Crippen molar-refractivity contribution in [3.05, 3.63) is 0 Å². The summed E-state index contributed by atoms with van der Waals surface area (Å²) < 4.78 is 0. The Balaban J connectivity index is -0.00000000500. The summed E-state index contributed by atoms with van der Waals surface area (Å²) in [6.45, 7) is 0. The minimum absolute atomic E-state index is 0. The molecule has 0 fully saturated rings. The predicted octanol–water partition coefficient (Wildman–Crippen LogP) is -1.83. The molecule has 0 amide bonds. The predicted molar refractivity (Wildman–Crippen MR) is 31.8 cm³/mol. The molecule has 0 aromatic rings. The van der Waals surface area contributed by atoms with E-state index in [9.17, 15) is 0 Å². The molecule has 0 aromatic carbocycles. The molecule has 0 atom stereocenters. The van der Waals surface area contributed by atoms with Gasteiger partial charge < -0.3 is 0 Å². The molecule has 0 bridgehead atoms. The maximum absolute atomic E-state index is 4.21. The molecule has 0 aromatic heterocycles. The standard InChI is InChI=1S/Ba.Ga.S.H2Se.3H/h;;;1H2;;;. The van der Waals surface area contributed by atoms with E-state index in [1.807, 2.05) is 0 Å². The second-order valence-electron chi connectivity index (χ2n) is 0. The fourth-order valence-corrected chi connectivity index (χ4v) is 0. The molecule has 0 heterocycles. The summed E-state index contributed by atoms with van der Waals surface area (Å²) in [5, 5.41) is 0. The molecule has 0 N–H and O–H groups in total. The fourth-order valence-electron chi connectivity index (χ4n) is 0. The van der Waals surface area contributed by atoms with Gasteiger partial charge in [-0.15, -0.1) is 0 Å². The third-order valence-corrected chi connectivity index (χ3v) is 0. The van der Waals surface area contributed by atoms with Gasteiger partial charge in [0, 0.05) is 0 Å². The Labute approximate surface area is 90.5 Å². The molecule has 0 aliphatic rings. The zero-order valence-electron chi connectivity index (χ0n) is 1.62. The van der Waals surface area contributed by atoms with Crippen molar-refractivity contribution in [2.24, 2.45) is 0 Å². The average molecular weight is 323 g/mol. The zero-order valence-corrected chi connectivity index (χ0v) is 7.50. The summed E-state index contributed by atoms with van der Waals surface area (Å²) in [5.41, 5.74) is 0. The van der Waals surface area contributed by atoms with Crippen LogP contribution in [0.2, 0.25) is 0 Å². The van der Waals surface area contributed by atoms with E-state index in [1.54, 1.807) is 0 Å². The van der Waals surface area contributed by atoms with Gasteiger partial charge in [-0.25, -0.2) is 0 Å². The van der Waals surface area contributed by atoms with Gasteiger partial charge in [-0.3, -0.25) is 0 Å². The van der Waals surface area contributed by atoms with Crippen molar-refractivity contribution in [2.45, 2.75) is 0 Å². The molecule has 0 saturated carbocycles. The van der Waals surface area contributed by atoms with Crippen molar-refractivity contribution >= 4 is 92.8 Å². The normalized spacial score (nSPS) is 0.750. The molecular formula is H5BaGaSSe. The number of hydrogen-bond donors (Lipinski definition) is 0. The van der Waals surface area contributed by atoms with Gasteiger partial charge in [0.15, 0.2) is 0 Å². The summed E-state index contributed by atoms with van der Waals surface area (Å²) >= 11 is 0.958. The van der Waals surface area contributed by atoms with Gasteiger partial charge in [0.25, 0.3) is 0 Å². The SMILES string of the molecule is [BaH2].[S]=[GaH].[SeH2]. The Morgan fingerprint density at radius 1 is 1.25 bits per heavy atom. The Morgan fingerprint density at radius 3 is 1.25 bits per heavy atom. The van der Waals surface area contributed by atoms with Crippen LogP contribution in [0.15, 0.2) is 0 Å². The number of rotatable bonds is 0. The van der Waals surface area contributed by atoms with Crippen LogP contribution in [-0.4, -0.2) is 82.8 Å². The average Bonchev–Trinajstić information content (AvgIpc) is 1.00. The van der Waals surface area contributed by atoms with Crippen LogP contribution in [0.25, 0.3) is 0 Å². The molecule has 0 unspecified atom stereocenters. The second-order valence-corrected chi connectivity index (χ2v) is 0. The van der Waals surface area contributed by atoms with Crippen molar-refractivity contribution in [1.82, 2.24) is 0 Å². The third-order valence-electron chi connectivity index (χ3n) is 0. The molecule has 22 valence electrons. The van der Waals surface area contributed by atoms with Gasteiger partial charge in [-0.2, -0.15) is 0 Å². The van der Waals surface area contributed by atoms with Crippen molar-refractivity contribution in [3.63, 3.8) is 0 Å². The Bertz CT molecular complexity index is 8.00. The first-order valence-electron chi connectivity index (χ1n) is 0.289. The summed E-state index contributed by atoms with van der Waals surface area (Å²) in [7, 11) is 4.21. The Morgan fingerprint density at radius 2 is 1.25 bits per heavy atom. The van der Waals surface area contributed by atoms with Crippen molar-refractivity contribution in [3.8, 4) is 0 Å². The summed E-state index contributed by atoms with van der Waals surface area (Å²) in [4.78, 5) is 0. The van der Waals surface area contributed by atoms with Crippen molar-refractivity contribution in [2.75, 3.05) is 0 Å². The van der Waals surface area contributed by atoms with Gasteiger partial charge in [0.1, 0.15) is 0 Å². The molecule has 4 heteroatoms. The van der Waals surface area contributed by atoms with Crippen molar-refractivity contribution in [1.29, 1.82) is 0 Å². The van der Waals surface area contributed by atoms with E-state index in [0.717, 1.165) is 16.8 Å². The van der Waals surface area contributed by atoms with Crippen LogP contribution in [0.3, 0.4) is 0 Å². The van der Waals surface area contributed by atoms with Crippen LogP contribution in [0.1, 0.15) is 0 Å². The zero-order chi connectivity index (χ0) is 2.00. The van der Waals surface area contributed by atoms with Crippen LogP contribution < -0.4 is 0 Å². The molecular weight excluding hydrogens is 318 g/mol. The first kappa shape index (κ1) is 15.8. The number of hydrogen-bond acceptors (Lipinski definition) is 1. The molecule has 4 heavy (non-hydrogen) atoms. The van der Waals surface area contributed by atoms with Gasteiger partial charge in [-0.1, -0.05) is 0 Å². The van der Waals surface area contributed by atoms with E-state index < -0.39 is 0 Å². The van der Waals surface area contributed by atoms with Crippen molar-refractivity contribution < 1.29 is 0 Å². The van der Waals surface area contributed by atoms with E-state index in [0.29, 0.717) is 0 Å². The molecule has 0 aliphatic carbocycles. The van der Waals surface area contributed by atoms with E-state index >= 15 is 0 Å². The van der Waals surface area contributed by atoms with E-state index in [2.05, 4.69) is 10.1 Å². The van der Waals surface area contributed by atoms with E-state index in [1.165, 1.54) is 0 Å². The molecule has 0 radical (unpaired) electrons. The molecule has 0 spiro atoms. The third kappa shape index (κ3) is 8.87. The van der Waals surface area contributed by atoms with Crippen LogP contribution in [-0.2, 0) is 0 Å². The van der Waals surface area contributed by atoms with Gasteiger partial charge in [0.05, 0.1) is 0 Å². The quantitative estimate of drug-likeness (QED) is 0.473. The maximum atomic E-state index is 4.21. The van der Waals surface area contributed by atoms with Gasteiger partial charge in [0.2, 0.25) is 0 Å². The summed E-state index contributed by atoms with van der Waals surface area (Å²) in [6, 6.07) is 0. The molecule has 0 saturated heterocycles. The molecule has 0 aliphatic heterocycles. The van der Waals surface area contributed by atoms with Gasteiger partial charge >= 0.3 is 92.8 Å². The monoisotopic (exact) mass is 324 g/mol. The summed E-state index contributed by atoms with van der Waals surface area (Å²) in [5.74, 6) is 0. The fraction of sp³-hybridized carbons (Fsp3) is 0. The van der Waals surface area contributed by atoms with Crippen LogP contribution in [0, 0.1) is 0 Å². The first-order chi connectivity index (χ1) is 1.00.